The van der Waals surface area contributed by atoms with E-state index >= 15 is 0 Å². The summed E-state index contributed by atoms with van der Waals surface area (Å²) in [6.07, 6.45) is 1.31. The molecule has 1 N–H and O–H groups in total. The molecule has 1 heterocycles. The van der Waals surface area contributed by atoms with Gasteiger partial charge in [0.25, 0.3) is 11.8 Å². The average molecular weight is 594 g/mol. The molecule has 0 unspecified atom stereocenters. The van der Waals surface area contributed by atoms with Gasteiger partial charge in [-0.2, -0.15) is 0 Å². The van der Waals surface area contributed by atoms with Crippen molar-refractivity contribution in [3.63, 3.8) is 0 Å². The van der Waals surface area contributed by atoms with Gasteiger partial charge in [-0.25, -0.2) is 14.1 Å². The van der Waals surface area contributed by atoms with Crippen molar-refractivity contribution < 1.29 is 28.2 Å². The van der Waals surface area contributed by atoms with Gasteiger partial charge in [-0.15, -0.1) is 0 Å². The van der Waals surface area contributed by atoms with Gasteiger partial charge >= 0.3 is 6.03 Å². The number of imide groups is 2. The molecule has 1 aliphatic heterocycles. The molecule has 11 heteroatoms. The lowest BCUT2D eigenvalue weighted by atomic mass is 10.1. The first kappa shape index (κ1) is 25.7. The normalized spacial score (nSPS) is 14.8. The average Bonchev–Trinajstić information content (AvgIpc) is 2.83. The zero-order valence-corrected chi connectivity index (χ0v) is 21.6. The van der Waals surface area contributed by atoms with Crippen molar-refractivity contribution >= 4 is 68.7 Å². The Kier molecular flexibility index (Phi) is 7.63. The Bertz CT molecular complexity index is 1410. The molecule has 4 amide bonds. The summed E-state index contributed by atoms with van der Waals surface area (Å²) < 4.78 is 25.1. The first-order valence-corrected chi connectivity index (χ1v) is 11.8. The number of methoxy groups -OCH3 is 1. The Hall–Kier alpha value is -3.40. The van der Waals surface area contributed by atoms with Crippen molar-refractivity contribution in [2.75, 3.05) is 12.0 Å². The smallest absolute Gasteiger partial charge is 0.335 e. The van der Waals surface area contributed by atoms with E-state index in [0.717, 1.165) is 17.0 Å². The quantitative estimate of drug-likeness (QED) is 0.274. The Labute approximate surface area is 223 Å². The number of anilines is 1. The summed E-state index contributed by atoms with van der Waals surface area (Å²) in [4.78, 5) is 38.7. The van der Waals surface area contributed by atoms with Crippen LogP contribution in [0.15, 0.2) is 64.6 Å². The van der Waals surface area contributed by atoms with Gasteiger partial charge in [0.15, 0.2) is 11.5 Å². The molecule has 184 valence electrons. The number of barbiturate groups is 1. The van der Waals surface area contributed by atoms with E-state index < -0.39 is 23.7 Å². The van der Waals surface area contributed by atoms with E-state index in [4.69, 9.17) is 32.7 Å². The Morgan fingerprint density at radius 3 is 2.42 bits per heavy atom. The first-order chi connectivity index (χ1) is 17.2. The number of ether oxygens (including phenoxy) is 2. The number of hydrogen-bond donors (Lipinski definition) is 1. The standard InChI is InChI=1S/C25H16BrCl2FN2O5/c1-35-21-9-14(19(26)11-22(21)36-12-13-2-3-15(27)10-20(13)28)8-18-23(32)30-25(34)31(24(18)33)17-6-4-16(29)5-7-17/h2-11H,12H2,1H3,(H,30,32,34)/b18-8+. The van der Waals surface area contributed by atoms with Crippen molar-refractivity contribution in [1.82, 2.24) is 5.32 Å². The minimum atomic E-state index is -0.935. The molecule has 0 aliphatic carbocycles. The summed E-state index contributed by atoms with van der Waals surface area (Å²) >= 11 is 15.6. The van der Waals surface area contributed by atoms with Gasteiger partial charge in [-0.05, 0) is 60.2 Å². The predicted molar refractivity (Wildman–Crippen MR) is 137 cm³/mol. The summed E-state index contributed by atoms with van der Waals surface area (Å²) in [6.45, 7) is 0.134. The zero-order valence-electron chi connectivity index (χ0n) is 18.5. The first-order valence-electron chi connectivity index (χ1n) is 10.3. The molecule has 36 heavy (non-hydrogen) atoms. The largest absolute Gasteiger partial charge is 0.493 e. The second-order valence-electron chi connectivity index (χ2n) is 7.48. The monoisotopic (exact) mass is 592 g/mol. The van der Waals surface area contributed by atoms with Gasteiger partial charge in [-0.1, -0.05) is 45.2 Å². The van der Waals surface area contributed by atoms with Crippen molar-refractivity contribution in [2.45, 2.75) is 6.61 Å². The van der Waals surface area contributed by atoms with E-state index in [1.165, 1.54) is 25.3 Å². The van der Waals surface area contributed by atoms with Crippen molar-refractivity contribution in [2.24, 2.45) is 0 Å². The van der Waals surface area contributed by atoms with Gasteiger partial charge in [0, 0.05) is 20.1 Å². The molecule has 0 radical (unpaired) electrons. The third kappa shape index (κ3) is 5.38. The highest BCUT2D eigenvalue weighted by Crippen LogP contribution is 2.36. The van der Waals surface area contributed by atoms with Crippen LogP contribution in [0.4, 0.5) is 14.9 Å². The number of rotatable bonds is 6. The van der Waals surface area contributed by atoms with Crippen molar-refractivity contribution in [3.8, 4) is 11.5 Å². The maximum Gasteiger partial charge on any atom is 0.335 e. The molecule has 0 bridgehead atoms. The molecular weight excluding hydrogens is 578 g/mol. The topological polar surface area (TPSA) is 84.9 Å². The highest BCUT2D eigenvalue weighted by molar-refractivity contribution is 9.10. The number of carbonyl (C=O) groups is 3. The number of hydrogen-bond acceptors (Lipinski definition) is 5. The van der Waals surface area contributed by atoms with Crippen LogP contribution < -0.4 is 19.7 Å². The SMILES string of the molecule is COc1cc(/C=C2\C(=O)NC(=O)N(c3ccc(F)cc3)C2=O)c(Br)cc1OCc1ccc(Cl)cc1Cl. The van der Waals surface area contributed by atoms with E-state index in [0.29, 0.717) is 37.1 Å². The van der Waals surface area contributed by atoms with Gasteiger partial charge in [0.05, 0.1) is 12.8 Å². The maximum absolute atomic E-state index is 13.3. The third-order valence-electron chi connectivity index (χ3n) is 5.17. The molecule has 1 saturated heterocycles. The molecule has 0 aromatic heterocycles. The van der Waals surface area contributed by atoms with Gasteiger partial charge in [0.2, 0.25) is 0 Å². The van der Waals surface area contributed by atoms with Crippen LogP contribution in [0.2, 0.25) is 10.0 Å². The van der Waals surface area contributed by atoms with Gasteiger partial charge < -0.3 is 9.47 Å². The lowest BCUT2D eigenvalue weighted by molar-refractivity contribution is -0.122. The minimum Gasteiger partial charge on any atom is -0.493 e. The highest BCUT2D eigenvalue weighted by atomic mass is 79.9. The summed E-state index contributed by atoms with van der Waals surface area (Å²) in [5, 5.41) is 3.07. The molecule has 1 aliphatic rings. The molecule has 1 fully saturated rings. The Balaban J connectivity index is 1.64. The zero-order chi connectivity index (χ0) is 26.0. The fourth-order valence-electron chi connectivity index (χ4n) is 3.37. The summed E-state index contributed by atoms with van der Waals surface area (Å²) in [5.41, 5.74) is 0.929. The predicted octanol–water partition coefficient (Wildman–Crippen LogP) is 6.15. The number of halogens is 4. The molecule has 0 saturated carbocycles. The second kappa shape index (κ2) is 10.7. The minimum absolute atomic E-state index is 0.110. The van der Waals surface area contributed by atoms with Crippen molar-refractivity contribution in [1.29, 1.82) is 0 Å². The molecule has 3 aromatic rings. The van der Waals surface area contributed by atoms with E-state index in [-0.39, 0.29) is 17.9 Å². The molecule has 4 rings (SSSR count). The fraction of sp³-hybridized carbons (Fsp3) is 0.0800. The summed E-state index contributed by atoms with van der Waals surface area (Å²) in [6, 6.07) is 12.0. The van der Waals surface area contributed by atoms with E-state index in [9.17, 15) is 18.8 Å². The lowest BCUT2D eigenvalue weighted by Crippen LogP contribution is -2.54. The Morgan fingerprint density at radius 1 is 1.03 bits per heavy atom. The van der Waals surface area contributed by atoms with Crippen LogP contribution >= 0.6 is 39.1 Å². The van der Waals surface area contributed by atoms with Crippen LogP contribution in [-0.4, -0.2) is 25.0 Å². The van der Waals surface area contributed by atoms with Crippen LogP contribution in [0.5, 0.6) is 11.5 Å². The van der Waals surface area contributed by atoms with Gasteiger partial charge in [0.1, 0.15) is 18.0 Å². The molecular formula is C25H16BrCl2FN2O5. The summed E-state index contributed by atoms with van der Waals surface area (Å²) in [7, 11) is 1.44. The number of carbonyl (C=O) groups excluding carboxylic acids is 3. The highest BCUT2D eigenvalue weighted by Gasteiger charge is 2.37. The van der Waals surface area contributed by atoms with Crippen molar-refractivity contribution in [3.05, 3.63) is 91.6 Å². The molecule has 3 aromatic carbocycles. The number of amides is 4. The fourth-order valence-corrected chi connectivity index (χ4v) is 4.27. The Morgan fingerprint density at radius 2 is 1.75 bits per heavy atom. The van der Waals surface area contributed by atoms with E-state index in [2.05, 4.69) is 21.2 Å². The van der Waals surface area contributed by atoms with Crippen LogP contribution in [0, 0.1) is 5.82 Å². The maximum atomic E-state index is 13.3. The number of nitrogens with zero attached hydrogens (tertiary/aromatic N) is 1. The second-order valence-corrected chi connectivity index (χ2v) is 9.18. The molecule has 0 spiro atoms. The number of nitrogens with one attached hydrogen (secondary N) is 1. The van der Waals surface area contributed by atoms with Crippen LogP contribution in [-0.2, 0) is 16.2 Å². The number of urea groups is 1. The summed E-state index contributed by atoms with van der Waals surface area (Å²) in [5.74, 6) is -1.57. The van der Waals surface area contributed by atoms with Crippen LogP contribution in [0.3, 0.4) is 0 Å². The van der Waals surface area contributed by atoms with E-state index in [1.54, 1.807) is 30.3 Å². The van der Waals surface area contributed by atoms with Gasteiger partial charge in [-0.3, -0.25) is 14.9 Å². The van der Waals surface area contributed by atoms with E-state index in [1.807, 2.05) is 0 Å². The molecule has 7 nitrogen and oxygen atoms in total. The number of benzene rings is 3. The van der Waals surface area contributed by atoms with Crippen LogP contribution in [0.1, 0.15) is 11.1 Å². The lowest BCUT2D eigenvalue weighted by Gasteiger charge is -2.26. The molecule has 0 atom stereocenters. The third-order valence-corrected chi connectivity index (χ3v) is 6.44. The van der Waals surface area contributed by atoms with Crippen LogP contribution in [0.25, 0.3) is 6.08 Å².